The van der Waals surface area contributed by atoms with Gasteiger partial charge in [-0.2, -0.15) is 0 Å². The van der Waals surface area contributed by atoms with Crippen LogP contribution in [0.1, 0.15) is 13.3 Å². The van der Waals surface area contributed by atoms with Gasteiger partial charge in [-0.1, -0.05) is 0 Å². The fourth-order valence-electron chi connectivity index (χ4n) is 0.903. The normalized spacial score (nSPS) is 11.8. The van der Waals surface area contributed by atoms with Gasteiger partial charge in [0.05, 0.1) is 0 Å². The first kappa shape index (κ1) is 13.4. The van der Waals surface area contributed by atoms with Gasteiger partial charge in [0, 0.05) is 26.4 Å². The average Bonchev–Trinajstić information content (AvgIpc) is 2.08. The summed E-state index contributed by atoms with van der Waals surface area (Å²) in [7, 11) is 0. The van der Waals surface area contributed by atoms with Crippen molar-refractivity contribution in [3.8, 4) is 0 Å². The van der Waals surface area contributed by atoms with Crippen LogP contribution in [-0.2, 0) is 14.4 Å². The lowest BCUT2D eigenvalue weighted by Crippen LogP contribution is -2.46. The molecule has 1 unspecified atom stereocenters. The Bertz CT molecular complexity index is 254. The Hall–Kier alpha value is -1.63. The highest BCUT2D eigenvalue weighted by Crippen LogP contribution is 1.83. The van der Waals surface area contributed by atoms with Crippen molar-refractivity contribution in [2.45, 2.75) is 19.4 Å². The Balaban J connectivity index is 3.81. The molecule has 0 heterocycles. The average molecular weight is 217 g/mol. The number of hydrogen-bond donors (Lipinski definition) is 4. The predicted molar refractivity (Wildman–Crippen MR) is 51.9 cm³/mol. The fourth-order valence-corrected chi connectivity index (χ4v) is 0.903. The van der Waals surface area contributed by atoms with Crippen molar-refractivity contribution in [1.29, 1.82) is 0 Å². The van der Waals surface area contributed by atoms with Crippen molar-refractivity contribution >= 4 is 17.8 Å². The van der Waals surface area contributed by atoms with Gasteiger partial charge in [0.2, 0.25) is 11.8 Å². The summed E-state index contributed by atoms with van der Waals surface area (Å²) in [6.45, 7) is 1.58. The van der Waals surface area contributed by atoms with E-state index in [1.165, 1.54) is 6.92 Å². The van der Waals surface area contributed by atoms with E-state index >= 15 is 0 Å². The summed E-state index contributed by atoms with van der Waals surface area (Å²) >= 11 is 0. The van der Waals surface area contributed by atoms with Gasteiger partial charge < -0.3 is 21.5 Å². The second-order valence-electron chi connectivity index (χ2n) is 3.01. The van der Waals surface area contributed by atoms with Crippen LogP contribution in [0.3, 0.4) is 0 Å². The molecular formula is C8H15N3O4. The van der Waals surface area contributed by atoms with Gasteiger partial charge in [0.25, 0.3) is 0 Å². The van der Waals surface area contributed by atoms with E-state index in [-0.39, 0.29) is 13.0 Å². The molecule has 0 fully saturated rings. The zero-order chi connectivity index (χ0) is 11.8. The van der Waals surface area contributed by atoms with Crippen molar-refractivity contribution in [1.82, 2.24) is 10.6 Å². The molecule has 7 heteroatoms. The topological polar surface area (TPSA) is 122 Å². The number of nitrogens with one attached hydrogen (secondary N) is 2. The third-order valence-corrected chi connectivity index (χ3v) is 1.57. The minimum Gasteiger partial charge on any atom is -0.480 e. The monoisotopic (exact) mass is 217 g/mol. The molecule has 1 atom stereocenters. The van der Waals surface area contributed by atoms with Gasteiger partial charge in [0.15, 0.2) is 0 Å². The quantitative estimate of drug-likeness (QED) is 0.369. The molecule has 0 rings (SSSR count). The van der Waals surface area contributed by atoms with Crippen LogP contribution in [0.2, 0.25) is 0 Å². The molecule has 7 nitrogen and oxygen atoms in total. The van der Waals surface area contributed by atoms with Crippen molar-refractivity contribution in [2.24, 2.45) is 5.73 Å². The molecule has 0 aromatic rings. The first-order valence-corrected chi connectivity index (χ1v) is 4.42. The van der Waals surface area contributed by atoms with Crippen LogP contribution in [0.15, 0.2) is 0 Å². The second kappa shape index (κ2) is 6.77. The number of carbonyl (C=O) groups is 3. The Morgan fingerprint density at radius 1 is 1.40 bits per heavy atom. The maximum absolute atomic E-state index is 10.6. The second-order valence-corrected chi connectivity index (χ2v) is 3.01. The smallest absolute Gasteiger partial charge is 0.327 e. The molecule has 5 N–H and O–H groups in total. The van der Waals surface area contributed by atoms with Gasteiger partial charge in [-0.25, -0.2) is 4.79 Å². The first-order valence-electron chi connectivity index (χ1n) is 4.42. The number of aliphatic carboxylic acids is 1. The van der Waals surface area contributed by atoms with E-state index in [9.17, 15) is 14.4 Å². The maximum Gasteiger partial charge on any atom is 0.327 e. The minimum absolute atomic E-state index is 0.0577. The SMILES string of the molecule is CC(=O)NC(CNCCC(N)=O)C(=O)O. The lowest BCUT2D eigenvalue weighted by molar-refractivity contribution is -0.141. The van der Waals surface area contributed by atoms with E-state index in [2.05, 4.69) is 10.6 Å². The van der Waals surface area contributed by atoms with Crippen molar-refractivity contribution in [3.05, 3.63) is 0 Å². The maximum atomic E-state index is 10.6. The molecule has 0 aliphatic carbocycles. The van der Waals surface area contributed by atoms with E-state index < -0.39 is 23.8 Å². The van der Waals surface area contributed by atoms with Crippen molar-refractivity contribution < 1.29 is 19.5 Å². The number of carbonyl (C=O) groups excluding carboxylic acids is 2. The fraction of sp³-hybridized carbons (Fsp3) is 0.625. The molecule has 0 radical (unpaired) electrons. The van der Waals surface area contributed by atoms with Gasteiger partial charge in [-0.3, -0.25) is 9.59 Å². The van der Waals surface area contributed by atoms with Crippen LogP contribution in [0.5, 0.6) is 0 Å². The van der Waals surface area contributed by atoms with Gasteiger partial charge >= 0.3 is 5.97 Å². The summed E-state index contributed by atoms with van der Waals surface area (Å²) in [5, 5.41) is 13.6. The van der Waals surface area contributed by atoms with Gasteiger partial charge in [0.1, 0.15) is 6.04 Å². The summed E-state index contributed by atoms with van der Waals surface area (Å²) < 4.78 is 0. The highest BCUT2D eigenvalue weighted by atomic mass is 16.4. The molecule has 0 spiro atoms. The van der Waals surface area contributed by atoms with Crippen LogP contribution in [0, 0.1) is 0 Å². The Kier molecular flexibility index (Phi) is 6.03. The van der Waals surface area contributed by atoms with E-state index in [0.717, 1.165) is 0 Å². The summed E-state index contributed by atoms with van der Waals surface area (Å²) in [4.78, 5) is 31.6. The van der Waals surface area contributed by atoms with Crippen molar-refractivity contribution in [3.63, 3.8) is 0 Å². The highest BCUT2D eigenvalue weighted by Gasteiger charge is 2.17. The zero-order valence-corrected chi connectivity index (χ0v) is 8.45. The Morgan fingerprint density at radius 2 is 2.00 bits per heavy atom. The number of primary amides is 1. The molecule has 15 heavy (non-hydrogen) atoms. The van der Waals surface area contributed by atoms with Crippen molar-refractivity contribution in [2.75, 3.05) is 13.1 Å². The number of rotatable bonds is 7. The molecule has 0 aliphatic heterocycles. The standard InChI is InChI=1S/C8H15N3O4/c1-5(12)11-6(8(14)15)4-10-3-2-7(9)13/h6,10H,2-4H2,1H3,(H2,9,13)(H,11,12)(H,14,15). The molecule has 0 saturated heterocycles. The predicted octanol–water partition coefficient (Wildman–Crippen LogP) is -1.96. The molecule has 86 valence electrons. The molecule has 0 bridgehead atoms. The van der Waals surface area contributed by atoms with Crippen LogP contribution < -0.4 is 16.4 Å². The molecular weight excluding hydrogens is 202 g/mol. The molecule has 0 saturated carbocycles. The van der Waals surface area contributed by atoms with E-state index in [1.54, 1.807) is 0 Å². The number of carboxylic acid groups (broad SMARTS) is 1. The highest BCUT2D eigenvalue weighted by molar-refractivity contribution is 5.82. The molecule has 0 aromatic heterocycles. The summed E-state index contributed by atoms with van der Waals surface area (Å²) in [5.41, 5.74) is 4.88. The van der Waals surface area contributed by atoms with Gasteiger partial charge in [-0.05, 0) is 0 Å². The molecule has 0 aromatic carbocycles. The third-order valence-electron chi connectivity index (χ3n) is 1.57. The number of nitrogens with two attached hydrogens (primary N) is 1. The van der Waals surface area contributed by atoms with E-state index in [1.807, 2.05) is 0 Å². The summed E-state index contributed by atoms with van der Waals surface area (Å²) in [6, 6.07) is -0.990. The van der Waals surface area contributed by atoms with Crippen LogP contribution >= 0.6 is 0 Å². The number of carboxylic acids is 1. The van der Waals surface area contributed by atoms with E-state index in [0.29, 0.717) is 6.54 Å². The summed E-state index contributed by atoms with van der Waals surface area (Å²) in [5.74, 6) is -2.01. The Labute approximate surface area is 87.0 Å². The summed E-state index contributed by atoms with van der Waals surface area (Å²) in [6.07, 6.45) is 0.131. The molecule has 2 amide bonds. The zero-order valence-electron chi connectivity index (χ0n) is 8.45. The van der Waals surface area contributed by atoms with Crippen LogP contribution in [0.25, 0.3) is 0 Å². The van der Waals surface area contributed by atoms with E-state index in [4.69, 9.17) is 10.8 Å². The van der Waals surface area contributed by atoms with Crippen LogP contribution in [-0.4, -0.2) is 42.0 Å². The first-order chi connectivity index (χ1) is 6.93. The lowest BCUT2D eigenvalue weighted by atomic mass is 10.3. The Morgan fingerprint density at radius 3 is 2.40 bits per heavy atom. The third kappa shape index (κ3) is 7.44. The number of hydrogen-bond acceptors (Lipinski definition) is 4. The largest absolute Gasteiger partial charge is 0.480 e. The van der Waals surface area contributed by atoms with Crippen LogP contribution in [0.4, 0.5) is 0 Å². The number of amides is 2. The lowest BCUT2D eigenvalue weighted by Gasteiger charge is -2.13. The van der Waals surface area contributed by atoms with Gasteiger partial charge in [-0.15, -0.1) is 0 Å². The minimum atomic E-state index is -1.13. The molecule has 0 aliphatic rings.